The minimum absolute atomic E-state index is 0. The number of rotatable bonds is 4. The summed E-state index contributed by atoms with van der Waals surface area (Å²) in [6.45, 7) is 2.09. The molecule has 0 spiro atoms. The van der Waals surface area contributed by atoms with Crippen LogP contribution >= 0.6 is 35.6 Å². The van der Waals surface area contributed by atoms with Crippen LogP contribution in [-0.2, 0) is 9.53 Å². The Hall–Kier alpha value is -0.520. The molecule has 118 valence electrons. The summed E-state index contributed by atoms with van der Waals surface area (Å²) < 4.78 is 5.87. The summed E-state index contributed by atoms with van der Waals surface area (Å²) in [7, 11) is 0. The molecule has 1 aliphatic rings. The second-order valence-electron chi connectivity index (χ2n) is 4.86. The van der Waals surface area contributed by atoms with Crippen LogP contribution in [0.2, 0.25) is 10.0 Å². The molecule has 0 aromatic heterocycles. The third kappa shape index (κ3) is 5.31. The van der Waals surface area contributed by atoms with Gasteiger partial charge < -0.3 is 15.2 Å². The maximum Gasteiger partial charge on any atom is 0.303 e. The molecular formula is C14H18Cl3NO3. The van der Waals surface area contributed by atoms with Crippen molar-refractivity contribution in [3.63, 3.8) is 0 Å². The first-order valence-corrected chi connectivity index (χ1v) is 7.32. The summed E-state index contributed by atoms with van der Waals surface area (Å²) in [6, 6.07) is 5.43. The molecule has 1 heterocycles. The van der Waals surface area contributed by atoms with Crippen LogP contribution in [0.15, 0.2) is 18.2 Å². The van der Waals surface area contributed by atoms with Crippen molar-refractivity contribution in [3.05, 3.63) is 33.8 Å². The quantitative estimate of drug-likeness (QED) is 0.868. The fraction of sp³-hybridized carbons (Fsp3) is 0.500. The van der Waals surface area contributed by atoms with E-state index in [1.54, 1.807) is 12.1 Å². The Morgan fingerprint density at radius 3 is 2.81 bits per heavy atom. The molecule has 2 atom stereocenters. The smallest absolute Gasteiger partial charge is 0.303 e. The van der Waals surface area contributed by atoms with Gasteiger partial charge in [-0.2, -0.15) is 0 Å². The minimum Gasteiger partial charge on any atom is -0.481 e. The van der Waals surface area contributed by atoms with E-state index in [0.717, 1.165) is 18.7 Å². The fourth-order valence-corrected chi connectivity index (χ4v) is 2.72. The molecule has 7 heteroatoms. The van der Waals surface area contributed by atoms with Crippen molar-refractivity contribution in [2.45, 2.75) is 18.9 Å². The maximum absolute atomic E-state index is 10.8. The first-order valence-electron chi connectivity index (χ1n) is 6.57. The lowest BCUT2D eigenvalue weighted by Gasteiger charge is -2.25. The lowest BCUT2D eigenvalue weighted by atomic mass is 9.91. The summed E-state index contributed by atoms with van der Waals surface area (Å²) in [5.74, 6) is -0.687. The Morgan fingerprint density at radius 2 is 2.14 bits per heavy atom. The molecule has 1 aromatic carbocycles. The highest BCUT2D eigenvalue weighted by Crippen LogP contribution is 2.33. The number of aliphatic carboxylic acids is 1. The summed E-state index contributed by atoms with van der Waals surface area (Å²) in [4.78, 5) is 10.8. The number of carboxylic acid groups (broad SMARTS) is 1. The molecule has 1 aliphatic heterocycles. The highest BCUT2D eigenvalue weighted by atomic mass is 35.5. The van der Waals surface area contributed by atoms with E-state index < -0.39 is 5.97 Å². The van der Waals surface area contributed by atoms with Gasteiger partial charge in [0, 0.05) is 25.4 Å². The Labute approximate surface area is 140 Å². The average Bonchev–Trinajstić information content (AvgIpc) is 2.65. The SMILES string of the molecule is Cl.O=C(O)CC[C@@H]1CNCCO[C@H]1c1ccc(Cl)c(Cl)c1. The summed E-state index contributed by atoms with van der Waals surface area (Å²) in [6.07, 6.45) is 0.542. The molecule has 1 saturated heterocycles. The molecule has 0 unspecified atom stereocenters. The van der Waals surface area contributed by atoms with Crippen LogP contribution in [-0.4, -0.2) is 30.8 Å². The van der Waals surface area contributed by atoms with Crippen LogP contribution < -0.4 is 5.32 Å². The van der Waals surface area contributed by atoms with Gasteiger partial charge in [-0.15, -0.1) is 12.4 Å². The highest BCUT2D eigenvalue weighted by Gasteiger charge is 2.27. The van der Waals surface area contributed by atoms with Crippen molar-refractivity contribution >= 4 is 41.6 Å². The van der Waals surface area contributed by atoms with Crippen molar-refractivity contribution in [1.29, 1.82) is 0 Å². The molecular weight excluding hydrogens is 337 g/mol. The van der Waals surface area contributed by atoms with Gasteiger partial charge in [-0.1, -0.05) is 29.3 Å². The second-order valence-corrected chi connectivity index (χ2v) is 5.68. The number of nitrogens with one attached hydrogen (secondary N) is 1. The van der Waals surface area contributed by atoms with Gasteiger partial charge in [-0.05, 0) is 24.1 Å². The van der Waals surface area contributed by atoms with E-state index in [-0.39, 0.29) is 30.8 Å². The largest absolute Gasteiger partial charge is 0.481 e. The molecule has 0 radical (unpaired) electrons. The zero-order valence-corrected chi connectivity index (χ0v) is 13.7. The Morgan fingerprint density at radius 1 is 1.38 bits per heavy atom. The van der Waals surface area contributed by atoms with Crippen LogP contribution in [0.1, 0.15) is 24.5 Å². The van der Waals surface area contributed by atoms with Crippen LogP contribution in [0.5, 0.6) is 0 Å². The van der Waals surface area contributed by atoms with E-state index in [0.29, 0.717) is 23.1 Å². The molecule has 2 rings (SSSR count). The van der Waals surface area contributed by atoms with Crippen LogP contribution in [0.4, 0.5) is 0 Å². The van der Waals surface area contributed by atoms with E-state index in [1.165, 1.54) is 0 Å². The fourth-order valence-electron chi connectivity index (χ4n) is 2.41. The van der Waals surface area contributed by atoms with E-state index in [9.17, 15) is 4.79 Å². The zero-order valence-electron chi connectivity index (χ0n) is 11.4. The van der Waals surface area contributed by atoms with E-state index in [1.807, 2.05) is 6.07 Å². The van der Waals surface area contributed by atoms with E-state index in [2.05, 4.69) is 5.32 Å². The Kier molecular flexibility index (Phi) is 7.77. The third-order valence-electron chi connectivity index (χ3n) is 3.41. The standard InChI is InChI=1S/C14H17Cl2NO3.ClH/c15-11-3-1-9(7-12(11)16)14-10(2-4-13(18)19)8-17-5-6-20-14;/h1,3,7,10,14,17H,2,4-6,8H2,(H,18,19);1H/t10-,14+;/m1./s1. The van der Waals surface area contributed by atoms with Crippen molar-refractivity contribution < 1.29 is 14.6 Å². The van der Waals surface area contributed by atoms with Crippen LogP contribution in [0.25, 0.3) is 0 Å². The normalized spacial score (nSPS) is 22.2. The molecule has 0 bridgehead atoms. The Bertz CT molecular complexity index is 485. The van der Waals surface area contributed by atoms with Crippen molar-refractivity contribution in [2.24, 2.45) is 5.92 Å². The minimum atomic E-state index is -0.790. The third-order valence-corrected chi connectivity index (χ3v) is 4.15. The average molecular weight is 355 g/mol. The Balaban J connectivity index is 0.00000220. The summed E-state index contributed by atoms with van der Waals surface area (Å²) >= 11 is 12.0. The number of halogens is 3. The van der Waals surface area contributed by atoms with E-state index in [4.69, 9.17) is 33.0 Å². The lowest BCUT2D eigenvalue weighted by Crippen LogP contribution is -2.25. The zero-order chi connectivity index (χ0) is 14.5. The van der Waals surface area contributed by atoms with Gasteiger partial charge >= 0.3 is 5.97 Å². The van der Waals surface area contributed by atoms with Gasteiger partial charge in [-0.3, -0.25) is 4.79 Å². The topological polar surface area (TPSA) is 58.6 Å². The van der Waals surface area contributed by atoms with Gasteiger partial charge in [0.05, 0.1) is 22.8 Å². The molecule has 21 heavy (non-hydrogen) atoms. The van der Waals surface area contributed by atoms with E-state index >= 15 is 0 Å². The van der Waals surface area contributed by atoms with Crippen molar-refractivity contribution in [2.75, 3.05) is 19.7 Å². The number of carboxylic acids is 1. The predicted molar refractivity (Wildman–Crippen MR) is 85.6 cm³/mol. The molecule has 1 aromatic rings. The number of hydrogen-bond acceptors (Lipinski definition) is 3. The first-order chi connectivity index (χ1) is 9.58. The molecule has 1 fully saturated rings. The number of benzene rings is 1. The van der Waals surface area contributed by atoms with Crippen LogP contribution in [0.3, 0.4) is 0 Å². The summed E-state index contributed by atoms with van der Waals surface area (Å²) in [5, 5.41) is 13.1. The molecule has 0 amide bonds. The van der Waals surface area contributed by atoms with Gasteiger partial charge in [0.15, 0.2) is 0 Å². The van der Waals surface area contributed by atoms with Gasteiger partial charge in [0.25, 0.3) is 0 Å². The predicted octanol–water partition coefficient (Wildman–Crippen LogP) is 3.56. The molecule has 0 aliphatic carbocycles. The van der Waals surface area contributed by atoms with Gasteiger partial charge in [0.2, 0.25) is 0 Å². The maximum atomic E-state index is 10.8. The number of hydrogen-bond donors (Lipinski definition) is 2. The van der Waals surface area contributed by atoms with Gasteiger partial charge in [-0.25, -0.2) is 0 Å². The summed E-state index contributed by atoms with van der Waals surface area (Å²) in [5.41, 5.74) is 0.943. The second kappa shape index (κ2) is 8.81. The number of ether oxygens (including phenoxy) is 1. The van der Waals surface area contributed by atoms with Crippen molar-refractivity contribution in [1.82, 2.24) is 5.32 Å². The van der Waals surface area contributed by atoms with Gasteiger partial charge in [0.1, 0.15) is 0 Å². The monoisotopic (exact) mass is 353 g/mol. The molecule has 4 nitrogen and oxygen atoms in total. The molecule has 2 N–H and O–H groups in total. The highest BCUT2D eigenvalue weighted by molar-refractivity contribution is 6.42. The molecule has 0 saturated carbocycles. The van der Waals surface area contributed by atoms with Crippen LogP contribution in [0, 0.1) is 5.92 Å². The number of carbonyl (C=O) groups is 1. The lowest BCUT2D eigenvalue weighted by molar-refractivity contribution is -0.137. The van der Waals surface area contributed by atoms with Crippen molar-refractivity contribution in [3.8, 4) is 0 Å². The first kappa shape index (κ1) is 18.5.